The first-order valence-corrected chi connectivity index (χ1v) is 8.64. The largest absolute Gasteiger partial charge is 0.444 e. The van der Waals surface area contributed by atoms with Gasteiger partial charge in [-0.15, -0.1) is 0 Å². The van der Waals surface area contributed by atoms with E-state index in [0.717, 1.165) is 12.8 Å². The average Bonchev–Trinajstić information content (AvgIpc) is 2.54. The van der Waals surface area contributed by atoms with Gasteiger partial charge >= 0.3 is 6.09 Å². The molecule has 0 saturated carbocycles. The van der Waals surface area contributed by atoms with Crippen LogP contribution in [-0.2, 0) is 4.74 Å². The lowest BCUT2D eigenvalue weighted by Crippen LogP contribution is -2.44. The second-order valence-electron chi connectivity index (χ2n) is 7.60. The maximum absolute atomic E-state index is 13.0. The zero-order valence-corrected chi connectivity index (χ0v) is 15.4. The van der Waals surface area contributed by atoms with E-state index in [4.69, 9.17) is 4.74 Å². The second-order valence-corrected chi connectivity index (χ2v) is 7.60. The molecule has 1 saturated heterocycles. The van der Waals surface area contributed by atoms with E-state index >= 15 is 0 Å². The summed E-state index contributed by atoms with van der Waals surface area (Å²) in [6, 6.07) is 5.58. The van der Waals surface area contributed by atoms with Gasteiger partial charge in [0.15, 0.2) is 0 Å². The summed E-state index contributed by atoms with van der Waals surface area (Å²) in [6.07, 6.45) is 1.39. The van der Waals surface area contributed by atoms with E-state index in [0.29, 0.717) is 31.1 Å². The van der Waals surface area contributed by atoms with Crippen LogP contribution in [0.25, 0.3) is 0 Å². The molecule has 0 spiro atoms. The van der Waals surface area contributed by atoms with E-state index in [1.807, 2.05) is 20.8 Å². The van der Waals surface area contributed by atoms with Crippen molar-refractivity contribution in [1.29, 1.82) is 0 Å². The van der Waals surface area contributed by atoms with Gasteiger partial charge in [0.05, 0.1) is 0 Å². The van der Waals surface area contributed by atoms with E-state index in [2.05, 4.69) is 0 Å². The molecule has 25 heavy (non-hydrogen) atoms. The fraction of sp³-hybridized carbons (Fsp3) is 0.579. The SMILES string of the molecule is CN(CC1CCN(C(=O)OC(C)(C)C)CC1)C(=O)c1ccc(F)cc1. The summed E-state index contributed by atoms with van der Waals surface area (Å²) in [7, 11) is 1.76. The highest BCUT2D eigenvalue weighted by molar-refractivity contribution is 5.94. The first kappa shape index (κ1) is 19.2. The molecule has 0 unspecified atom stereocenters. The molecular weight excluding hydrogens is 323 g/mol. The number of ether oxygens (including phenoxy) is 1. The average molecular weight is 350 g/mol. The fourth-order valence-electron chi connectivity index (χ4n) is 2.91. The molecule has 2 rings (SSSR count). The number of carbonyl (C=O) groups excluding carboxylic acids is 2. The summed E-state index contributed by atoms with van der Waals surface area (Å²) >= 11 is 0. The Morgan fingerprint density at radius 2 is 1.76 bits per heavy atom. The minimum atomic E-state index is -0.490. The van der Waals surface area contributed by atoms with E-state index in [9.17, 15) is 14.0 Å². The number of rotatable bonds is 3. The zero-order valence-electron chi connectivity index (χ0n) is 15.4. The van der Waals surface area contributed by atoms with Crippen molar-refractivity contribution in [2.24, 2.45) is 5.92 Å². The molecule has 2 amide bonds. The number of hydrogen-bond donors (Lipinski definition) is 0. The summed E-state index contributed by atoms with van der Waals surface area (Å²) in [5, 5.41) is 0. The van der Waals surface area contributed by atoms with Gasteiger partial charge in [-0.05, 0) is 63.8 Å². The number of piperidine rings is 1. The number of carbonyl (C=O) groups is 2. The van der Waals surface area contributed by atoms with E-state index in [1.54, 1.807) is 16.8 Å². The van der Waals surface area contributed by atoms with Crippen molar-refractivity contribution in [3.8, 4) is 0 Å². The smallest absolute Gasteiger partial charge is 0.410 e. The lowest BCUT2D eigenvalue weighted by atomic mass is 9.96. The molecule has 1 aliphatic rings. The molecular formula is C19H27FN2O3. The molecule has 1 aliphatic heterocycles. The predicted octanol–water partition coefficient (Wildman–Crippen LogP) is 3.54. The second kappa shape index (κ2) is 7.85. The zero-order chi connectivity index (χ0) is 18.6. The summed E-state index contributed by atoms with van der Waals surface area (Å²) in [5.74, 6) is -0.128. The van der Waals surface area contributed by atoms with Crippen molar-refractivity contribution in [3.05, 3.63) is 35.6 Å². The number of hydrogen-bond acceptors (Lipinski definition) is 3. The first-order chi connectivity index (χ1) is 11.7. The van der Waals surface area contributed by atoms with Gasteiger partial charge in [0.25, 0.3) is 5.91 Å². The van der Waals surface area contributed by atoms with Gasteiger partial charge in [-0.2, -0.15) is 0 Å². The van der Waals surface area contributed by atoms with Crippen LogP contribution in [0.4, 0.5) is 9.18 Å². The Kier molecular flexibility index (Phi) is 6.03. The molecule has 5 nitrogen and oxygen atoms in total. The van der Waals surface area contributed by atoms with Crippen LogP contribution < -0.4 is 0 Å². The first-order valence-electron chi connectivity index (χ1n) is 8.64. The van der Waals surface area contributed by atoms with E-state index in [1.165, 1.54) is 24.3 Å². The lowest BCUT2D eigenvalue weighted by molar-refractivity contribution is 0.0171. The van der Waals surface area contributed by atoms with Crippen molar-refractivity contribution in [3.63, 3.8) is 0 Å². The highest BCUT2D eigenvalue weighted by atomic mass is 19.1. The molecule has 0 bridgehead atoms. The lowest BCUT2D eigenvalue weighted by Gasteiger charge is -2.34. The van der Waals surface area contributed by atoms with E-state index in [-0.39, 0.29) is 17.8 Å². The Bertz CT molecular complexity index is 602. The Morgan fingerprint density at radius 1 is 1.20 bits per heavy atom. The number of halogens is 1. The van der Waals surface area contributed by atoms with Crippen molar-refractivity contribution in [1.82, 2.24) is 9.80 Å². The molecule has 1 fully saturated rings. The van der Waals surface area contributed by atoms with Crippen LogP contribution in [0, 0.1) is 11.7 Å². The molecule has 1 aromatic rings. The van der Waals surface area contributed by atoms with Gasteiger partial charge in [-0.25, -0.2) is 9.18 Å². The quantitative estimate of drug-likeness (QED) is 0.838. The minimum Gasteiger partial charge on any atom is -0.444 e. The number of amides is 2. The van der Waals surface area contributed by atoms with Gasteiger partial charge in [-0.1, -0.05) is 0 Å². The van der Waals surface area contributed by atoms with Crippen LogP contribution in [-0.4, -0.2) is 54.1 Å². The Balaban J connectivity index is 1.82. The molecule has 0 atom stereocenters. The Hall–Kier alpha value is -2.11. The topological polar surface area (TPSA) is 49.9 Å². The highest BCUT2D eigenvalue weighted by Gasteiger charge is 2.28. The van der Waals surface area contributed by atoms with Gasteiger partial charge in [0, 0.05) is 32.2 Å². The minimum absolute atomic E-state index is 0.116. The molecule has 0 radical (unpaired) electrons. The normalized spacial score (nSPS) is 15.8. The molecule has 0 aromatic heterocycles. The van der Waals surface area contributed by atoms with Gasteiger partial charge in [-0.3, -0.25) is 4.79 Å². The van der Waals surface area contributed by atoms with Gasteiger partial charge < -0.3 is 14.5 Å². The molecule has 1 heterocycles. The maximum Gasteiger partial charge on any atom is 0.410 e. The van der Waals surface area contributed by atoms with Crippen LogP contribution in [0.2, 0.25) is 0 Å². The highest BCUT2D eigenvalue weighted by Crippen LogP contribution is 2.21. The van der Waals surface area contributed by atoms with Crippen LogP contribution in [0.1, 0.15) is 44.0 Å². The molecule has 0 N–H and O–H groups in total. The van der Waals surface area contributed by atoms with Gasteiger partial charge in [0.2, 0.25) is 0 Å². The number of likely N-dealkylation sites (tertiary alicyclic amines) is 1. The van der Waals surface area contributed by atoms with Crippen LogP contribution >= 0.6 is 0 Å². The maximum atomic E-state index is 13.0. The third kappa shape index (κ3) is 5.73. The van der Waals surface area contributed by atoms with Crippen molar-refractivity contribution < 1.29 is 18.7 Å². The third-order valence-electron chi connectivity index (χ3n) is 4.24. The third-order valence-corrected chi connectivity index (χ3v) is 4.24. The molecule has 1 aromatic carbocycles. The van der Waals surface area contributed by atoms with Crippen molar-refractivity contribution in [2.45, 2.75) is 39.2 Å². The fourth-order valence-corrected chi connectivity index (χ4v) is 2.91. The summed E-state index contributed by atoms with van der Waals surface area (Å²) in [5.41, 5.74) is -0.00878. The molecule has 0 aliphatic carbocycles. The predicted molar refractivity (Wildman–Crippen MR) is 93.9 cm³/mol. The van der Waals surface area contributed by atoms with Crippen LogP contribution in [0.15, 0.2) is 24.3 Å². The summed E-state index contributed by atoms with van der Waals surface area (Å²) < 4.78 is 18.4. The van der Waals surface area contributed by atoms with Crippen molar-refractivity contribution >= 4 is 12.0 Å². The monoisotopic (exact) mass is 350 g/mol. The number of benzene rings is 1. The van der Waals surface area contributed by atoms with Crippen LogP contribution in [0.3, 0.4) is 0 Å². The number of nitrogens with zero attached hydrogens (tertiary/aromatic N) is 2. The standard InChI is InChI=1S/C19H27FN2O3/c1-19(2,3)25-18(24)22-11-9-14(10-12-22)13-21(4)17(23)15-5-7-16(20)8-6-15/h5-8,14H,9-13H2,1-4H3. The Morgan fingerprint density at radius 3 is 2.28 bits per heavy atom. The van der Waals surface area contributed by atoms with Crippen molar-refractivity contribution in [2.75, 3.05) is 26.7 Å². The molecule has 138 valence electrons. The van der Waals surface area contributed by atoms with Crippen LogP contribution in [0.5, 0.6) is 0 Å². The summed E-state index contributed by atoms with van der Waals surface area (Å²) in [6.45, 7) is 7.46. The van der Waals surface area contributed by atoms with E-state index < -0.39 is 5.60 Å². The summed E-state index contributed by atoms with van der Waals surface area (Å²) in [4.78, 5) is 27.8. The Labute approximate surface area is 148 Å². The van der Waals surface area contributed by atoms with Gasteiger partial charge in [0.1, 0.15) is 11.4 Å². The molecule has 6 heteroatoms.